The van der Waals surface area contributed by atoms with E-state index in [1.807, 2.05) is 0 Å². The fourth-order valence-electron chi connectivity index (χ4n) is 2.05. The predicted octanol–water partition coefficient (Wildman–Crippen LogP) is 2.15. The molecular formula is C15H17NO5S. The van der Waals surface area contributed by atoms with Crippen molar-refractivity contribution in [3.8, 4) is 5.75 Å². The third kappa shape index (κ3) is 3.20. The van der Waals surface area contributed by atoms with Crippen LogP contribution >= 0.6 is 0 Å². The van der Waals surface area contributed by atoms with Crippen LogP contribution in [0.25, 0.3) is 10.8 Å². The van der Waals surface area contributed by atoms with Gasteiger partial charge in [-0.25, -0.2) is 18.4 Å². The second-order valence-electron chi connectivity index (χ2n) is 5.86. The third-order valence-corrected chi connectivity index (χ3v) is 3.85. The highest BCUT2D eigenvalue weighted by molar-refractivity contribution is 7.89. The molecule has 2 aromatic rings. The zero-order valence-corrected chi connectivity index (χ0v) is 13.3. The Morgan fingerprint density at radius 2 is 1.73 bits per heavy atom. The molecule has 0 spiro atoms. The number of nitrogens with two attached hydrogens (primary N) is 1. The number of carbonyl (C=O) groups is 1. The largest absolute Gasteiger partial charge is 0.506 e. The summed E-state index contributed by atoms with van der Waals surface area (Å²) in [5, 5.41) is 15.9. The van der Waals surface area contributed by atoms with Gasteiger partial charge in [0.15, 0.2) is 0 Å². The van der Waals surface area contributed by atoms with Crippen molar-refractivity contribution in [3.63, 3.8) is 0 Å². The number of hydrogen-bond donors (Lipinski definition) is 2. The monoisotopic (exact) mass is 323 g/mol. The minimum atomic E-state index is -4.06. The third-order valence-electron chi connectivity index (χ3n) is 2.90. The molecule has 0 atom stereocenters. The summed E-state index contributed by atoms with van der Waals surface area (Å²) < 4.78 is 28.7. The van der Waals surface area contributed by atoms with Crippen LogP contribution in [0.4, 0.5) is 0 Å². The normalized spacial score (nSPS) is 12.4. The molecule has 0 amide bonds. The van der Waals surface area contributed by atoms with Crippen molar-refractivity contribution < 1.29 is 23.1 Å². The van der Waals surface area contributed by atoms with Gasteiger partial charge >= 0.3 is 5.97 Å². The van der Waals surface area contributed by atoms with Gasteiger partial charge in [-0.15, -0.1) is 0 Å². The number of sulfonamides is 1. The number of phenolic OH excluding ortho intramolecular Hbond substituents is 1. The molecule has 0 aliphatic rings. The number of phenols is 1. The summed E-state index contributed by atoms with van der Waals surface area (Å²) in [7, 11) is -4.06. The Labute approximate surface area is 128 Å². The van der Waals surface area contributed by atoms with Gasteiger partial charge in [0.2, 0.25) is 10.0 Å². The van der Waals surface area contributed by atoms with E-state index in [-0.39, 0.29) is 27.0 Å². The van der Waals surface area contributed by atoms with Crippen LogP contribution in [-0.4, -0.2) is 25.1 Å². The minimum absolute atomic E-state index is 0.217. The lowest BCUT2D eigenvalue weighted by Crippen LogP contribution is -2.24. The van der Waals surface area contributed by atoms with E-state index < -0.39 is 21.6 Å². The van der Waals surface area contributed by atoms with E-state index in [1.54, 1.807) is 32.9 Å². The molecule has 0 aromatic heterocycles. The van der Waals surface area contributed by atoms with Crippen molar-refractivity contribution in [2.75, 3.05) is 0 Å². The van der Waals surface area contributed by atoms with Crippen molar-refractivity contribution in [1.82, 2.24) is 0 Å². The molecule has 0 saturated carbocycles. The summed E-state index contributed by atoms with van der Waals surface area (Å²) in [5.41, 5.74) is -1.02. The molecule has 6 nitrogen and oxygen atoms in total. The van der Waals surface area contributed by atoms with Crippen LogP contribution in [0.2, 0.25) is 0 Å². The standard InChI is InChI=1S/C15H17NO5S/c1-15(2,3)21-14(18)11-8-12(22(16,19)20)9-6-4-5-7-10(9)13(11)17/h4-8,17H,1-3H3,(H2,16,19,20). The summed E-state index contributed by atoms with van der Waals surface area (Å²) in [4.78, 5) is 12.0. The number of fused-ring (bicyclic) bond motifs is 1. The number of rotatable bonds is 2. The van der Waals surface area contributed by atoms with Gasteiger partial charge in [0, 0.05) is 10.8 Å². The van der Waals surface area contributed by atoms with E-state index in [4.69, 9.17) is 9.88 Å². The van der Waals surface area contributed by atoms with Gasteiger partial charge in [0.05, 0.1) is 4.90 Å². The van der Waals surface area contributed by atoms with E-state index in [2.05, 4.69) is 0 Å². The Morgan fingerprint density at radius 3 is 2.23 bits per heavy atom. The number of benzene rings is 2. The first-order valence-electron chi connectivity index (χ1n) is 6.51. The summed E-state index contributed by atoms with van der Waals surface area (Å²) in [6.07, 6.45) is 0. The molecular weight excluding hydrogens is 306 g/mol. The second kappa shape index (κ2) is 5.26. The van der Waals surface area contributed by atoms with Crippen LogP contribution in [0.1, 0.15) is 31.1 Å². The summed E-state index contributed by atoms with van der Waals surface area (Å²) in [6, 6.07) is 7.29. The van der Waals surface area contributed by atoms with E-state index in [0.717, 1.165) is 6.07 Å². The van der Waals surface area contributed by atoms with Gasteiger partial charge in [-0.1, -0.05) is 24.3 Å². The summed E-state index contributed by atoms with van der Waals surface area (Å²) >= 11 is 0. The van der Waals surface area contributed by atoms with Crippen molar-refractivity contribution in [2.24, 2.45) is 5.14 Å². The number of carbonyl (C=O) groups excluding carboxylic acids is 1. The quantitative estimate of drug-likeness (QED) is 0.824. The van der Waals surface area contributed by atoms with Crippen molar-refractivity contribution in [1.29, 1.82) is 0 Å². The molecule has 0 bridgehead atoms. The number of esters is 1. The van der Waals surface area contributed by atoms with Crippen molar-refractivity contribution >= 4 is 26.8 Å². The van der Waals surface area contributed by atoms with Gasteiger partial charge < -0.3 is 9.84 Å². The molecule has 3 N–H and O–H groups in total. The van der Waals surface area contributed by atoms with E-state index in [9.17, 15) is 18.3 Å². The number of hydrogen-bond acceptors (Lipinski definition) is 5. The van der Waals surface area contributed by atoms with Crippen molar-refractivity contribution in [2.45, 2.75) is 31.3 Å². The maximum atomic E-state index is 12.2. The fraction of sp³-hybridized carbons (Fsp3) is 0.267. The SMILES string of the molecule is CC(C)(C)OC(=O)c1cc(S(N)(=O)=O)c2ccccc2c1O. The molecule has 2 aromatic carbocycles. The molecule has 0 aliphatic heterocycles. The molecule has 0 radical (unpaired) electrons. The molecule has 2 rings (SSSR count). The lowest BCUT2D eigenvalue weighted by atomic mass is 10.0. The van der Waals surface area contributed by atoms with Crippen molar-refractivity contribution in [3.05, 3.63) is 35.9 Å². The van der Waals surface area contributed by atoms with E-state index in [1.165, 1.54) is 12.1 Å². The minimum Gasteiger partial charge on any atom is -0.506 e. The molecule has 0 aliphatic carbocycles. The smallest absolute Gasteiger partial charge is 0.342 e. The first kappa shape index (κ1) is 16.3. The Kier molecular flexibility index (Phi) is 3.88. The fourth-order valence-corrected chi connectivity index (χ4v) is 2.82. The summed E-state index contributed by atoms with van der Waals surface area (Å²) in [5.74, 6) is -1.15. The van der Waals surface area contributed by atoms with Crippen LogP contribution in [0, 0.1) is 0 Å². The van der Waals surface area contributed by atoms with Gasteiger partial charge in [-0.3, -0.25) is 0 Å². The first-order valence-corrected chi connectivity index (χ1v) is 8.06. The molecule has 0 fully saturated rings. The van der Waals surface area contributed by atoms with Gasteiger partial charge in [0.1, 0.15) is 16.9 Å². The maximum absolute atomic E-state index is 12.2. The van der Waals surface area contributed by atoms with E-state index in [0.29, 0.717) is 0 Å². The average Bonchev–Trinajstić information content (AvgIpc) is 2.35. The Morgan fingerprint density at radius 1 is 1.18 bits per heavy atom. The molecule has 118 valence electrons. The lowest BCUT2D eigenvalue weighted by molar-refractivity contribution is 0.00668. The number of aromatic hydroxyl groups is 1. The van der Waals surface area contributed by atoms with Crippen LogP contribution in [0.15, 0.2) is 35.2 Å². The highest BCUT2D eigenvalue weighted by atomic mass is 32.2. The molecule has 7 heteroatoms. The predicted molar refractivity (Wildman–Crippen MR) is 82.2 cm³/mol. The first-order chi connectivity index (χ1) is 10.0. The maximum Gasteiger partial charge on any atom is 0.342 e. The van der Waals surface area contributed by atoms with Gasteiger partial charge in [-0.05, 0) is 26.8 Å². The highest BCUT2D eigenvalue weighted by Gasteiger charge is 2.25. The zero-order chi connectivity index (χ0) is 16.7. The van der Waals surface area contributed by atoms with Gasteiger partial charge in [-0.2, -0.15) is 0 Å². The van der Waals surface area contributed by atoms with Crippen LogP contribution < -0.4 is 5.14 Å². The van der Waals surface area contributed by atoms with Crippen LogP contribution in [-0.2, 0) is 14.8 Å². The lowest BCUT2D eigenvalue weighted by Gasteiger charge is -2.20. The van der Waals surface area contributed by atoms with E-state index >= 15 is 0 Å². The molecule has 0 saturated heterocycles. The Hall–Kier alpha value is -2.12. The highest BCUT2D eigenvalue weighted by Crippen LogP contribution is 2.34. The van der Waals surface area contributed by atoms with Crippen LogP contribution in [0.3, 0.4) is 0 Å². The molecule has 0 unspecified atom stereocenters. The topological polar surface area (TPSA) is 107 Å². The number of primary sulfonamides is 1. The Bertz CT molecular complexity index is 850. The Balaban J connectivity index is 2.77. The molecule has 0 heterocycles. The second-order valence-corrected chi connectivity index (χ2v) is 7.39. The number of ether oxygens (including phenoxy) is 1. The molecule has 22 heavy (non-hydrogen) atoms. The van der Waals surface area contributed by atoms with Crippen LogP contribution in [0.5, 0.6) is 5.75 Å². The summed E-state index contributed by atoms with van der Waals surface area (Å²) in [6.45, 7) is 5.01. The average molecular weight is 323 g/mol. The zero-order valence-electron chi connectivity index (χ0n) is 12.5. The van der Waals surface area contributed by atoms with Gasteiger partial charge in [0.25, 0.3) is 0 Å².